The van der Waals surface area contributed by atoms with Crippen LogP contribution in [-0.4, -0.2) is 58.9 Å². The van der Waals surface area contributed by atoms with Gasteiger partial charge in [0, 0.05) is 31.9 Å². The maximum Gasteiger partial charge on any atom is 0.420 e. The lowest BCUT2D eigenvalue weighted by Gasteiger charge is -2.34. The normalized spacial score (nSPS) is 14.8. The number of oxazole rings is 1. The Balaban J connectivity index is 1.29. The van der Waals surface area contributed by atoms with E-state index in [4.69, 9.17) is 4.42 Å². The third-order valence-corrected chi connectivity index (χ3v) is 5.29. The molecule has 1 aliphatic heterocycles. The number of carbonyl (C=O) groups excluding carboxylic acids is 2. The molecule has 8 nitrogen and oxygen atoms in total. The molecule has 0 aliphatic carbocycles. The fourth-order valence-corrected chi connectivity index (χ4v) is 3.59. The minimum absolute atomic E-state index is 0.0518. The zero-order chi connectivity index (χ0) is 21.1. The lowest BCUT2D eigenvalue weighted by Crippen LogP contribution is -2.51. The molecule has 0 spiro atoms. The molecule has 0 bridgehead atoms. The molecule has 1 N–H and O–H groups in total. The Hall–Kier alpha value is -3.39. The molecule has 2 heterocycles. The lowest BCUT2D eigenvalue weighted by atomic mass is 10.2. The summed E-state index contributed by atoms with van der Waals surface area (Å²) < 4.78 is 6.55. The van der Waals surface area contributed by atoms with Crippen LogP contribution in [0.15, 0.2) is 57.7 Å². The van der Waals surface area contributed by atoms with Gasteiger partial charge < -0.3 is 14.6 Å². The van der Waals surface area contributed by atoms with Gasteiger partial charge in [-0.05, 0) is 31.2 Å². The van der Waals surface area contributed by atoms with Gasteiger partial charge in [-0.1, -0.05) is 29.8 Å². The van der Waals surface area contributed by atoms with Crippen molar-refractivity contribution in [1.82, 2.24) is 14.4 Å². The number of piperazine rings is 1. The number of hydrogen-bond acceptors (Lipinski definition) is 5. The highest BCUT2D eigenvalue weighted by Crippen LogP contribution is 2.13. The monoisotopic (exact) mass is 408 g/mol. The summed E-state index contributed by atoms with van der Waals surface area (Å²) in [5.41, 5.74) is 3.00. The van der Waals surface area contributed by atoms with Crippen molar-refractivity contribution < 1.29 is 14.0 Å². The van der Waals surface area contributed by atoms with E-state index in [1.165, 1.54) is 4.57 Å². The van der Waals surface area contributed by atoms with Gasteiger partial charge in [-0.25, -0.2) is 4.79 Å². The van der Waals surface area contributed by atoms with Crippen LogP contribution in [-0.2, 0) is 16.1 Å². The van der Waals surface area contributed by atoms with E-state index in [1.54, 1.807) is 29.2 Å². The van der Waals surface area contributed by atoms with E-state index in [2.05, 4.69) is 5.32 Å². The Morgan fingerprint density at radius 1 is 0.967 bits per heavy atom. The first-order chi connectivity index (χ1) is 14.5. The molecule has 1 aromatic heterocycles. The van der Waals surface area contributed by atoms with Crippen LogP contribution in [0.25, 0.3) is 11.1 Å². The number of nitrogens with one attached hydrogen (secondary N) is 1. The largest absolute Gasteiger partial charge is 0.420 e. The number of hydrogen-bond donors (Lipinski definition) is 1. The summed E-state index contributed by atoms with van der Waals surface area (Å²) >= 11 is 0. The van der Waals surface area contributed by atoms with Gasteiger partial charge in [0.05, 0.1) is 12.1 Å². The molecule has 1 saturated heterocycles. The van der Waals surface area contributed by atoms with Crippen LogP contribution in [0.4, 0.5) is 5.69 Å². The second kappa shape index (κ2) is 8.54. The molecule has 4 rings (SSSR count). The molecule has 1 aliphatic rings. The molecule has 2 aromatic carbocycles. The van der Waals surface area contributed by atoms with Gasteiger partial charge in [0.1, 0.15) is 6.54 Å². The topological polar surface area (TPSA) is 87.8 Å². The van der Waals surface area contributed by atoms with Crippen molar-refractivity contribution in [2.24, 2.45) is 0 Å². The number of fused-ring (bicyclic) bond motifs is 1. The Morgan fingerprint density at radius 3 is 2.40 bits per heavy atom. The van der Waals surface area contributed by atoms with Crippen molar-refractivity contribution in [2.45, 2.75) is 13.5 Å². The average molecular weight is 408 g/mol. The van der Waals surface area contributed by atoms with Crippen molar-refractivity contribution in [1.29, 1.82) is 0 Å². The standard InChI is InChI=1S/C22H24N4O4/c1-16-6-8-17(9-7-16)23-20(27)14-24-10-12-25(13-11-24)21(28)15-26-18-4-2-3-5-19(18)30-22(26)29/h2-9H,10-15H2,1H3,(H,23,27). The summed E-state index contributed by atoms with van der Waals surface area (Å²) in [4.78, 5) is 40.8. The number of carbonyl (C=O) groups is 2. The van der Waals surface area contributed by atoms with E-state index in [1.807, 2.05) is 36.1 Å². The van der Waals surface area contributed by atoms with Gasteiger partial charge in [-0.2, -0.15) is 0 Å². The van der Waals surface area contributed by atoms with Crippen molar-refractivity contribution in [3.63, 3.8) is 0 Å². The number of para-hydroxylation sites is 2. The van der Waals surface area contributed by atoms with Gasteiger partial charge in [0.2, 0.25) is 11.8 Å². The molecule has 0 unspecified atom stereocenters. The van der Waals surface area contributed by atoms with E-state index >= 15 is 0 Å². The molecular weight excluding hydrogens is 384 g/mol. The molecule has 30 heavy (non-hydrogen) atoms. The highest BCUT2D eigenvalue weighted by molar-refractivity contribution is 5.92. The fraction of sp³-hybridized carbons (Fsp3) is 0.318. The van der Waals surface area contributed by atoms with Crippen LogP contribution in [0.3, 0.4) is 0 Å². The van der Waals surface area contributed by atoms with Gasteiger partial charge >= 0.3 is 5.76 Å². The Kier molecular flexibility index (Phi) is 5.67. The molecule has 0 saturated carbocycles. The second-order valence-electron chi connectivity index (χ2n) is 7.49. The van der Waals surface area contributed by atoms with E-state index < -0.39 is 5.76 Å². The van der Waals surface area contributed by atoms with Crippen LogP contribution in [0, 0.1) is 6.92 Å². The first-order valence-corrected chi connectivity index (χ1v) is 9.94. The SMILES string of the molecule is Cc1ccc(NC(=O)CN2CCN(C(=O)Cn3c(=O)oc4ccccc43)CC2)cc1. The van der Waals surface area contributed by atoms with Crippen LogP contribution in [0.2, 0.25) is 0 Å². The van der Waals surface area contributed by atoms with Crippen molar-refractivity contribution in [3.05, 3.63) is 64.6 Å². The maximum absolute atomic E-state index is 12.7. The summed E-state index contributed by atoms with van der Waals surface area (Å²) in [6.07, 6.45) is 0. The van der Waals surface area contributed by atoms with Crippen LogP contribution in [0.5, 0.6) is 0 Å². The summed E-state index contributed by atoms with van der Waals surface area (Å²) in [6.45, 7) is 4.47. The zero-order valence-corrected chi connectivity index (χ0v) is 16.8. The van der Waals surface area contributed by atoms with Crippen molar-refractivity contribution in [3.8, 4) is 0 Å². The fourth-order valence-electron chi connectivity index (χ4n) is 3.59. The van der Waals surface area contributed by atoms with E-state index in [0.717, 1.165) is 11.3 Å². The van der Waals surface area contributed by atoms with Gasteiger partial charge in [0.15, 0.2) is 5.58 Å². The maximum atomic E-state index is 12.7. The highest BCUT2D eigenvalue weighted by atomic mass is 16.4. The summed E-state index contributed by atoms with van der Waals surface area (Å²) in [5, 5.41) is 2.89. The lowest BCUT2D eigenvalue weighted by molar-refractivity contribution is -0.133. The molecule has 0 atom stereocenters. The molecule has 0 radical (unpaired) electrons. The smallest absolute Gasteiger partial charge is 0.408 e. The number of aromatic nitrogens is 1. The number of rotatable bonds is 5. The van der Waals surface area contributed by atoms with E-state index in [9.17, 15) is 14.4 Å². The molecule has 156 valence electrons. The number of anilines is 1. The third kappa shape index (κ3) is 4.44. The average Bonchev–Trinajstić information content (AvgIpc) is 3.05. The third-order valence-electron chi connectivity index (χ3n) is 5.29. The van der Waals surface area contributed by atoms with Crippen LogP contribution < -0.4 is 11.1 Å². The highest BCUT2D eigenvalue weighted by Gasteiger charge is 2.24. The van der Waals surface area contributed by atoms with Crippen LogP contribution in [0.1, 0.15) is 5.56 Å². The number of nitrogens with zero attached hydrogens (tertiary/aromatic N) is 3. The van der Waals surface area contributed by atoms with Gasteiger partial charge in [-0.15, -0.1) is 0 Å². The van der Waals surface area contributed by atoms with E-state index in [0.29, 0.717) is 37.3 Å². The second-order valence-corrected chi connectivity index (χ2v) is 7.49. The zero-order valence-electron chi connectivity index (χ0n) is 16.8. The summed E-state index contributed by atoms with van der Waals surface area (Å²) in [6, 6.07) is 14.7. The van der Waals surface area contributed by atoms with Crippen molar-refractivity contribution >= 4 is 28.6 Å². The molecule has 2 amide bonds. The predicted molar refractivity (Wildman–Crippen MR) is 113 cm³/mol. The Labute approximate surface area is 173 Å². The molecular formula is C22H24N4O4. The van der Waals surface area contributed by atoms with Gasteiger partial charge in [0.25, 0.3) is 0 Å². The van der Waals surface area contributed by atoms with Gasteiger partial charge in [-0.3, -0.25) is 19.1 Å². The predicted octanol–water partition coefficient (Wildman–Crippen LogP) is 1.69. The summed E-state index contributed by atoms with van der Waals surface area (Å²) in [7, 11) is 0. The molecule has 8 heteroatoms. The minimum Gasteiger partial charge on any atom is -0.408 e. The van der Waals surface area contributed by atoms with E-state index in [-0.39, 0.29) is 24.9 Å². The minimum atomic E-state index is -0.532. The number of amides is 2. The number of aryl methyl sites for hydroxylation is 1. The van der Waals surface area contributed by atoms with Crippen LogP contribution >= 0.6 is 0 Å². The molecule has 3 aromatic rings. The summed E-state index contributed by atoms with van der Waals surface area (Å²) in [5.74, 6) is -0.738. The first-order valence-electron chi connectivity index (χ1n) is 9.94. The quantitative estimate of drug-likeness (QED) is 0.694. The Morgan fingerprint density at radius 2 is 1.67 bits per heavy atom. The first kappa shape index (κ1) is 19.9. The van der Waals surface area contributed by atoms with Crippen molar-refractivity contribution in [2.75, 3.05) is 38.0 Å². The molecule has 1 fully saturated rings. The Bertz CT molecular complexity index is 1110. The number of benzene rings is 2.